The second-order valence-corrected chi connectivity index (χ2v) is 7.61. The van der Waals surface area contributed by atoms with Gasteiger partial charge in [0.15, 0.2) is 0 Å². The summed E-state index contributed by atoms with van der Waals surface area (Å²) in [6, 6.07) is 14.1. The van der Waals surface area contributed by atoms with Crippen molar-refractivity contribution in [2.45, 2.75) is 46.5 Å². The Morgan fingerprint density at radius 2 is 1.96 bits per heavy atom. The minimum atomic E-state index is -0.331. The zero-order valence-corrected chi connectivity index (χ0v) is 16.6. The molecule has 1 N–H and O–H groups in total. The second-order valence-electron chi connectivity index (χ2n) is 7.61. The first kappa shape index (κ1) is 19.2. The number of rotatable bonds is 5. The van der Waals surface area contributed by atoms with Crippen molar-refractivity contribution in [3.8, 4) is 0 Å². The molecule has 2 amide bonds. The number of amides is 2. The third-order valence-corrected chi connectivity index (χ3v) is 5.30. The molecule has 1 fully saturated rings. The molecule has 2 aromatic carbocycles. The Morgan fingerprint density at radius 3 is 2.67 bits per heavy atom. The van der Waals surface area contributed by atoms with E-state index < -0.39 is 0 Å². The Balaban J connectivity index is 1.77. The van der Waals surface area contributed by atoms with Crippen LogP contribution in [0.25, 0.3) is 0 Å². The summed E-state index contributed by atoms with van der Waals surface area (Å²) in [5.74, 6) is -0.0768. The molecule has 0 radical (unpaired) electrons. The summed E-state index contributed by atoms with van der Waals surface area (Å²) >= 11 is 0. The SMILES string of the molecule is CCc1cccc(N2C[C@@H](C(=O)Nc3c(C)cccc3C(C)C)CC2=O)c1. The molecule has 4 nitrogen and oxygen atoms in total. The van der Waals surface area contributed by atoms with Gasteiger partial charge >= 0.3 is 0 Å². The lowest BCUT2D eigenvalue weighted by molar-refractivity contribution is -0.122. The lowest BCUT2D eigenvalue weighted by Gasteiger charge is -2.19. The van der Waals surface area contributed by atoms with Crippen molar-refractivity contribution in [3.63, 3.8) is 0 Å². The van der Waals surface area contributed by atoms with Crippen LogP contribution in [-0.4, -0.2) is 18.4 Å². The minimum Gasteiger partial charge on any atom is -0.325 e. The van der Waals surface area contributed by atoms with Crippen LogP contribution in [0.4, 0.5) is 11.4 Å². The molecule has 1 aliphatic heterocycles. The first-order valence-corrected chi connectivity index (χ1v) is 9.70. The van der Waals surface area contributed by atoms with Crippen molar-refractivity contribution < 1.29 is 9.59 Å². The molecule has 2 aromatic rings. The highest BCUT2D eigenvalue weighted by Gasteiger charge is 2.35. The van der Waals surface area contributed by atoms with E-state index in [2.05, 4.69) is 38.2 Å². The van der Waals surface area contributed by atoms with E-state index in [1.165, 1.54) is 5.56 Å². The van der Waals surface area contributed by atoms with Crippen LogP contribution in [-0.2, 0) is 16.0 Å². The van der Waals surface area contributed by atoms with Crippen LogP contribution < -0.4 is 10.2 Å². The van der Waals surface area contributed by atoms with Crippen molar-refractivity contribution >= 4 is 23.2 Å². The molecular weight excluding hydrogens is 336 g/mol. The van der Waals surface area contributed by atoms with Crippen LogP contribution in [0.15, 0.2) is 42.5 Å². The van der Waals surface area contributed by atoms with Gasteiger partial charge in [0.25, 0.3) is 0 Å². The van der Waals surface area contributed by atoms with E-state index in [4.69, 9.17) is 0 Å². The van der Waals surface area contributed by atoms with Crippen molar-refractivity contribution in [3.05, 3.63) is 59.2 Å². The molecule has 1 heterocycles. The number of hydrogen-bond acceptors (Lipinski definition) is 2. The maximum absolute atomic E-state index is 12.9. The molecule has 0 unspecified atom stereocenters. The van der Waals surface area contributed by atoms with Crippen molar-refractivity contribution in [1.82, 2.24) is 0 Å². The first-order valence-electron chi connectivity index (χ1n) is 9.70. The number of nitrogens with zero attached hydrogens (tertiary/aromatic N) is 1. The van der Waals surface area contributed by atoms with Crippen LogP contribution in [0.5, 0.6) is 0 Å². The molecule has 0 aromatic heterocycles. The zero-order chi connectivity index (χ0) is 19.6. The molecule has 27 heavy (non-hydrogen) atoms. The number of hydrogen-bond donors (Lipinski definition) is 1. The molecular formula is C23H28N2O2. The Kier molecular flexibility index (Phi) is 5.64. The van der Waals surface area contributed by atoms with E-state index in [-0.39, 0.29) is 24.2 Å². The van der Waals surface area contributed by atoms with Crippen molar-refractivity contribution in [1.29, 1.82) is 0 Å². The molecule has 1 saturated heterocycles. The van der Waals surface area contributed by atoms with Crippen LogP contribution in [0.1, 0.15) is 49.8 Å². The van der Waals surface area contributed by atoms with Crippen molar-refractivity contribution in [2.75, 3.05) is 16.8 Å². The topological polar surface area (TPSA) is 49.4 Å². The molecule has 142 valence electrons. The molecule has 1 aliphatic rings. The molecule has 4 heteroatoms. The molecule has 0 aliphatic carbocycles. The van der Waals surface area contributed by atoms with E-state index >= 15 is 0 Å². The molecule has 0 spiro atoms. The summed E-state index contributed by atoms with van der Waals surface area (Å²) in [4.78, 5) is 27.2. The normalized spacial score (nSPS) is 16.9. The van der Waals surface area contributed by atoms with Gasteiger partial charge in [0.05, 0.1) is 5.92 Å². The monoisotopic (exact) mass is 364 g/mol. The molecule has 0 saturated carbocycles. The fraction of sp³-hybridized carbons (Fsp3) is 0.391. The summed E-state index contributed by atoms with van der Waals surface area (Å²) < 4.78 is 0. The van der Waals surface area contributed by atoms with E-state index in [9.17, 15) is 9.59 Å². The highest BCUT2D eigenvalue weighted by atomic mass is 16.2. The standard InChI is InChI=1S/C23H28N2O2/c1-5-17-9-7-10-19(12-17)25-14-18(13-21(25)26)23(27)24-22-16(4)8-6-11-20(22)15(2)3/h6-12,15,18H,5,13-14H2,1-4H3,(H,24,27)/t18-/m0/s1. The lowest BCUT2D eigenvalue weighted by atomic mass is 9.97. The second kappa shape index (κ2) is 7.95. The largest absolute Gasteiger partial charge is 0.325 e. The number of carbonyl (C=O) groups is 2. The van der Waals surface area contributed by atoms with Gasteiger partial charge in [-0.05, 0) is 48.1 Å². The smallest absolute Gasteiger partial charge is 0.229 e. The van der Waals surface area contributed by atoms with Gasteiger partial charge < -0.3 is 10.2 Å². The summed E-state index contributed by atoms with van der Waals surface area (Å²) in [5, 5.41) is 3.10. The highest BCUT2D eigenvalue weighted by molar-refractivity contribution is 6.04. The van der Waals surface area contributed by atoms with E-state index in [0.29, 0.717) is 12.5 Å². The highest BCUT2D eigenvalue weighted by Crippen LogP contribution is 2.30. The Morgan fingerprint density at radius 1 is 1.22 bits per heavy atom. The third-order valence-electron chi connectivity index (χ3n) is 5.30. The van der Waals surface area contributed by atoms with Crippen LogP contribution in [0.3, 0.4) is 0 Å². The number of anilines is 2. The molecule has 3 rings (SSSR count). The molecule has 1 atom stereocenters. The third kappa shape index (κ3) is 4.05. The summed E-state index contributed by atoms with van der Waals surface area (Å²) in [5.41, 5.74) is 5.13. The van der Waals surface area contributed by atoms with Gasteiger partial charge in [0, 0.05) is 24.3 Å². The Hall–Kier alpha value is -2.62. The van der Waals surface area contributed by atoms with Crippen LogP contribution in [0.2, 0.25) is 0 Å². The van der Waals surface area contributed by atoms with E-state index in [0.717, 1.165) is 28.9 Å². The van der Waals surface area contributed by atoms with Gasteiger partial charge in [0.1, 0.15) is 0 Å². The fourth-order valence-corrected chi connectivity index (χ4v) is 3.64. The minimum absolute atomic E-state index is 0.0114. The van der Waals surface area contributed by atoms with E-state index in [1.807, 2.05) is 37.3 Å². The first-order chi connectivity index (χ1) is 12.9. The predicted molar refractivity (Wildman–Crippen MR) is 110 cm³/mol. The number of para-hydroxylation sites is 1. The van der Waals surface area contributed by atoms with Gasteiger partial charge in [-0.15, -0.1) is 0 Å². The Bertz CT molecular complexity index is 857. The zero-order valence-electron chi connectivity index (χ0n) is 16.6. The van der Waals surface area contributed by atoms with Gasteiger partial charge in [-0.3, -0.25) is 9.59 Å². The van der Waals surface area contributed by atoms with Crippen LogP contribution in [0, 0.1) is 12.8 Å². The van der Waals surface area contributed by atoms with Gasteiger partial charge in [-0.25, -0.2) is 0 Å². The van der Waals surface area contributed by atoms with Gasteiger partial charge in [0.2, 0.25) is 11.8 Å². The number of nitrogens with one attached hydrogen (secondary N) is 1. The number of aryl methyl sites for hydroxylation is 2. The fourth-order valence-electron chi connectivity index (χ4n) is 3.64. The average molecular weight is 364 g/mol. The summed E-state index contributed by atoms with van der Waals surface area (Å²) in [7, 11) is 0. The van der Waals surface area contributed by atoms with Crippen molar-refractivity contribution in [2.24, 2.45) is 5.92 Å². The lowest BCUT2D eigenvalue weighted by Crippen LogP contribution is -2.28. The summed E-state index contributed by atoms with van der Waals surface area (Å²) in [6.07, 6.45) is 1.18. The number of benzene rings is 2. The van der Waals surface area contributed by atoms with Gasteiger partial charge in [-0.2, -0.15) is 0 Å². The quantitative estimate of drug-likeness (QED) is 0.838. The van der Waals surface area contributed by atoms with E-state index in [1.54, 1.807) is 4.90 Å². The van der Waals surface area contributed by atoms with Gasteiger partial charge in [-0.1, -0.05) is 51.1 Å². The molecule has 0 bridgehead atoms. The number of carbonyl (C=O) groups excluding carboxylic acids is 2. The summed E-state index contributed by atoms with van der Waals surface area (Å²) in [6.45, 7) is 8.76. The Labute approximate surface area is 161 Å². The predicted octanol–water partition coefficient (Wildman–Crippen LogP) is 4.67. The average Bonchev–Trinajstić information content (AvgIpc) is 3.05. The maximum atomic E-state index is 12.9. The maximum Gasteiger partial charge on any atom is 0.229 e. The van der Waals surface area contributed by atoms with Crippen LogP contribution >= 0.6 is 0 Å².